The number of rotatable bonds is 0. The Morgan fingerprint density at radius 3 is 2.04 bits per heavy atom. The van der Waals surface area contributed by atoms with Crippen LogP contribution in [0.4, 0.5) is 0 Å². The minimum absolute atomic E-state index is 0. The molecule has 0 aromatic carbocycles. The monoisotopic (exact) mass is 329 g/mol. The minimum Gasteiger partial charge on any atom is -0.362 e. The fraction of sp³-hybridized carbons (Fsp3) is 0.526. The van der Waals surface area contributed by atoms with Crippen LogP contribution in [0.15, 0.2) is 50.3 Å². The second-order valence-electron chi connectivity index (χ2n) is 7.16. The van der Waals surface area contributed by atoms with E-state index in [9.17, 15) is 0 Å². The Bertz CT molecular complexity index is 738. The molecule has 24 heavy (non-hydrogen) atoms. The van der Waals surface area contributed by atoms with E-state index in [-0.39, 0.29) is 29.6 Å². The molecule has 0 amide bonds. The number of nitrogens with one attached hydrogen (secondary N) is 1. The van der Waals surface area contributed by atoms with Gasteiger partial charge in [0.05, 0.1) is 12.1 Å². The third-order valence-corrected chi connectivity index (χ3v) is 5.42. The molecule has 0 spiro atoms. The van der Waals surface area contributed by atoms with E-state index in [4.69, 9.17) is 15.0 Å². The first kappa shape index (κ1) is 16.5. The summed E-state index contributed by atoms with van der Waals surface area (Å²) in [6.07, 6.45) is 15.6. The number of aliphatic imine (C=N–C) groups is 3. The van der Waals surface area contributed by atoms with E-state index < -0.39 is 0 Å². The van der Waals surface area contributed by atoms with Crippen molar-refractivity contribution >= 4 is 46.7 Å². The van der Waals surface area contributed by atoms with Crippen molar-refractivity contribution < 1.29 is 0 Å². The Balaban J connectivity index is 0.00000146. The summed E-state index contributed by atoms with van der Waals surface area (Å²) in [6, 6.07) is 0.778. The summed E-state index contributed by atoms with van der Waals surface area (Å²) in [5.74, 6) is 0. The van der Waals surface area contributed by atoms with Crippen molar-refractivity contribution in [3.05, 3.63) is 35.3 Å². The van der Waals surface area contributed by atoms with Gasteiger partial charge in [-0.15, -0.1) is 0 Å². The summed E-state index contributed by atoms with van der Waals surface area (Å²) in [6.45, 7) is 0. The first-order valence-electron chi connectivity index (χ1n) is 8.91. The Morgan fingerprint density at radius 1 is 0.708 bits per heavy atom. The van der Waals surface area contributed by atoms with Crippen molar-refractivity contribution in [2.45, 2.75) is 63.5 Å². The van der Waals surface area contributed by atoms with Crippen LogP contribution in [0, 0.1) is 0 Å². The molecule has 1 N–H and O–H groups in total. The fourth-order valence-electron chi connectivity index (χ4n) is 4.22. The van der Waals surface area contributed by atoms with Gasteiger partial charge in [-0.05, 0) is 69.6 Å². The maximum Gasteiger partial charge on any atom is 0.0730 e. The van der Waals surface area contributed by atoms with E-state index in [1.807, 2.05) is 0 Å². The number of hydrogen-bond donors (Lipinski definition) is 1. The van der Waals surface area contributed by atoms with Crippen LogP contribution in [-0.4, -0.2) is 58.8 Å². The van der Waals surface area contributed by atoms with Gasteiger partial charge in [-0.2, -0.15) is 0 Å². The van der Waals surface area contributed by atoms with Crippen LogP contribution in [0.5, 0.6) is 0 Å². The summed E-state index contributed by atoms with van der Waals surface area (Å²) in [7, 11) is 0. The van der Waals surface area contributed by atoms with Gasteiger partial charge >= 0.3 is 0 Å². The van der Waals surface area contributed by atoms with E-state index in [1.165, 1.54) is 34.2 Å². The average Bonchev–Trinajstić information content (AvgIpc) is 3.28. The number of fused-ring (bicyclic) bond motifs is 6. The standard InChI is InChI=1S/C19H22N4.Na/c1-3-14-10-16-5-7-18(22-16)19-8-6-17(23-19)11-15-4-2-13(21-15)9-12(1)20-14;/h9-11,18-20H,1-8H2;. The van der Waals surface area contributed by atoms with Crippen molar-refractivity contribution in [2.24, 2.45) is 15.0 Å². The van der Waals surface area contributed by atoms with Gasteiger partial charge in [-0.3, -0.25) is 15.0 Å². The van der Waals surface area contributed by atoms with E-state index in [2.05, 4.69) is 23.5 Å². The summed E-state index contributed by atoms with van der Waals surface area (Å²) in [5.41, 5.74) is 7.53. The predicted octanol–water partition coefficient (Wildman–Crippen LogP) is 3.10. The van der Waals surface area contributed by atoms with Crippen LogP contribution in [0.2, 0.25) is 0 Å². The largest absolute Gasteiger partial charge is 0.362 e. The summed E-state index contributed by atoms with van der Waals surface area (Å²) >= 11 is 0. The molecule has 2 atom stereocenters. The second-order valence-corrected chi connectivity index (χ2v) is 7.16. The molecule has 5 aliphatic heterocycles. The predicted molar refractivity (Wildman–Crippen MR) is 100.0 cm³/mol. The number of allylic oxidation sites excluding steroid dienone is 6. The Morgan fingerprint density at radius 2 is 1.33 bits per heavy atom. The van der Waals surface area contributed by atoms with Gasteiger partial charge in [0.15, 0.2) is 0 Å². The summed E-state index contributed by atoms with van der Waals surface area (Å²) in [5, 5.41) is 3.57. The molecule has 2 unspecified atom stereocenters. The van der Waals surface area contributed by atoms with Crippen molar-refractivity contribution in [1.82, 2.24) is 5.32 Å². The first-order chi connectivity index (χ1) is 11.3. The number of nitrogens with zero attached hydrogens (tertiary/aromatic N) is 3. The average molecular weight is 329 g/mol. The van der Waals surface area contributed by atoms with Crippen molar-refractivity contribution in [2.75, 3.05) is 0 Å². The summed E-state index contributed by atoms with van der Waals surface area (Å²) < 4.78 is 0. The molecule has 1 fully saturated rings. The molecule has 1 radical (unpaired) electrons. The molecule has 4 nitrogen and oxygen atoms in total. The van der Waals surface area contributed by atoms with Crippen molar-refractivity contribution in [3.8, 4) is 0 Å². The van der Waals surface area contributed by atoms with Gasteiger partial charge in [0, 0.05) is 63.8 Å². The van der Waals surface area contributed by atoms with Crippen molar-refractivity contribution in [1.29, 1.82) is 0 Å². The molecule has 0 aromatic rings. The Hall–Kier alpha value is -0.970. The van der Waals surface area contributed by atoms with Crippen LogP contribution in [0.25, 0.3) is 0 Å². The Kier molecular flexibility index (Phi) is 4.63. The molecule has 8 bridgehead atoms. The molecule has 5 aliphatic rings. The molecular weight excluding hydrogens is 307 g/mol. The minimum atomic E-state index is 0. The van der Waals surface area contributed by atoms with Gasteiger partial charge in [-0.25, -0.2) is 0 Å². The second kappa shape index (κ2) is 6.74. The van der Waals surface area contributed by atoms with Crippen LogP contribution in [0.3, 0.4) is 0 Å². The molecule has 1 saturated heterocycles. The van der Waals surface area contributed by atoms with E-state index in [0.717, 1.165) is 51.4 Å². The van der Waals surface area contributed by atoms with Gasteiger partial charge in [0.2, 0.25) is 0 Å². The normalized spacial score (nSPS) is 30.7. The first-order valence-corrected chi connectivity index (χ1v) is 8.91. The van der Waals surface area contributed by atoms with E-state index in [0.29, 0.717) is 12.1 Å². The van der Waals surface area contributed by atoms with Crippen LogP contribution in [0.1, 0.15) is 51.4 Å². The molecule has 0 aromatic heterocycles. The third-order valence-electron chi connectivity index (χ3n) is 5.42. The smallest absolute Gasteiger partial charge is 0.0730 e. The zero-order valence-corrected chi connectivity index (χ0v) is 16.4. The fourth-order valence-corrected chi connectivity index (χ4v) is 4.22. The quantitative estimate of drug-likeness (QED) is 0.682. The van der Waals surface area contributed by atoms with E-state index in [1.54, 1.807) is 0 Å². The molecular formula is C19H22N4Na. The molecule has 119 valence electrons. The molecule has 5 heterocycles. The van der Waals surface area contributed by atoms with Gasteiger partial charge in [0.25, 0.3) is 0 Å². The van der Waals surface area contributed by atoms with Crippen molar-refractivity contribution in [3.63, 3.8) is 0 Å². The topological polar surface area (TPSA) is 49.1 Å². The van der Waals surface area contributed by atoms with Gasteiger partial charge in [0.1, 0.15) is 0 Å². The Labute approximate surface area is 165 Å². The SMILES string of the molecule is C1=C2CCC(=N2)C=C2CCC(=CC3=NC(CC3)C3CCC1=N3)N2.[Na]. The molecule has 0 saturated carbocycles. The zero-order chi connectivity index (χ0) is 15.2. The zero-order valence-electron chi connectivity index (χ0n) is 14.4. The van der Waals surface area contributed by atoms with Crippen LogP contribution >= 0.6 is 0 Å². The van der Waals surface area contributed by atoms with Gasteiger partial charge < -0.3 is 5.32 Å². The maximum absolute atomic E-state index is 4.97. The van der Waals surface area contributed by atoms with Crippen LogP contribution in [-0.2, 0) is 0 Å². The molecule has 5 heteroatoms. The number of hydrogen-bond acceptors (Lipinski definition) is 4. The molecule has 5 rings (SSSR count). The maximum atomic E-state index is 4.97. The van der Waals surface area contributed by atoms with Gasteiger partial charge in [-0.1, -0.05) is 0 Å². The molecule has 0 aliphatic carbocycles. The van der Waals surface area contributed by atoms with Crippen LogP contribution < -0.4 is 5.32 Å². The summed E-state index contributed by atoms with van der Waals surface area (Å²) in [4.78, 5) is 14.7. The van der Waals surface area contributed by atoms with E-state index >= 15 is 0 Å². The third kappa shape index (κ3) is 3.24.